The van der Waals surface area contributed by atoms with E-state index in [2.05, 4.69) is 44.3 Å². The summed E-state index contributed by atoms with van der Waals surface area (Å²) in [5.41, 5.74) is 19.0. The molecule has 0 aliphatic rings. The lowest BCUT2D eigenvalue weighted by atomic mass is 9.92. The lowest BCUT2D eigenvalue weighted by molar-refractivity contribution is 0.590. The van der Waals surface area contributed by atoms with Gasteiger partial charge in [0, 0.05) is 22.9 Å². The van der Waals surface area contributed by atoms with Crippen molar-refractivity contribution in [3.8, 4) is 0 Å². The van der Waals surface area contributed by atoms with Crippen molar-refractivity contribution in [1.29, 1.82) is 0 Å². The molecular formula is C12H16N6. The molecule has 94 valence electrons. The molecule has 0 bridgehead atoms. The number of azide groups is 2. The van der Waals surface area contributed by atoms with Gasteiger partial charge in [-0.2, -0.15) is 0 Å². The van der Waals surface area contributed by atoms with Gasteiger partial charge in [0.2, 0.25) is 0 Å². The Hall–Kier alpha value is -2.16. The van der Waals surface area contributed by atoms with Crippen LogP contribution in [0.15, 0.2) is 34.5 Å². The van der Waals surface area contributed by atoms with E-state index < -0.39 is 0 Å². The minimum atomic E-state index is 0.265. The van der Waals surface area contributed by atoms with E-state index in [-0.39, 0.29) is 5.92 Å². The summed E-state index contributed by atoms with van der Waals surface area (Å²) in [7, 11) is 0. The number of nitrogens with zero attached hydrogens (tertiary/aromatic N) is 6. The predicted molar refractivity (Wildman–Crippen MR) is 71.2 cm³/mol. The van der Waals surface area contributed by atoms with Crippen LogP contribution in [0.3, 0.4) is 0 Å². The van der Waals surface area contributed by atoms with E-state index in [9.17, 15) is 0 Å². The van der Waals surface area contributed by atoms with Crippen LogP contribution in [0.25, 0.3) is 20.9 Å². The third-order valence-electron chi connectivity index (χ3n) is 2.83. The van der Waals surface area contributed by atoms with E-state index in [4.69, 9.17) is 11.1 Å². The standard InChI is InChI=1S/C12H16N6/c1-10-2-4-11(5-3-10)12(6-8-15-17-13)7-9-16-18-14/h2-5,12H,6-9H2,1H3. The normalized spacial score (nSPS) is 11.2. The molecule has 0 spiro atoms. The average Bonchev–Trinajstić information content (AvgIpc) is 2.38. The Balaban J connectivity index is 2.71. The van der Waals surface area contributed by atoms with Crippen molar-refractivity contribution >= 4 is 0 Å². The first-order chi connectivity index (χ1) is 8.77. The smallest absolute Gasteiger partial charge is 0.0263 e. The molecule has 0 aromatic heterocycles. The van der Waals surface area contributed by atoms with Crippen molar-refractivity contribution in [3.05, 3.63) is 56.3 Å². The summed E-state index contributed by atoms with van der Waals surface area (Å²) in [4.78, 5) is 5.51. The molecule has 0 saturated carbocycles. The average molecular weight is 244 g/mol. The van der Waals surface area contributed by atoms with E-state index in [1.165, 1.54) is 11.1 Å². The second kappa shape index (κ2) is 8.01. The molecule has 0 radical (unpaired) electrons. The highest BCUT2D eigenvalue weighted by molar-refractivity contribution is 5.24. The van der Waals surface area contributed by atoms with E-state index in [1.54, 1.807) is 0 Å². The van der Waals surface area contributed by atoms with Crippen molar-refractivity contribution in [2.24, 2.45) is 10.2 Å². The van der Waals surface area contributed by atoms with Crippen LogP contribution in [0.1, 0.15) is 29.9 Å². The molecule has 6 heteroatoms. The molecule has 1 aromatic carbocycles. The Morgan fingerprint density at radius 2 is 1.50 bits per heavy atom. The minimum Gasteiger partial charge on any atom is -0.0940 e. The van der Waals surface area contributed by atoms with Crippen molar-refractivity contribution < 1.29 is 0 Å². The van der Waals surface area contributed by atoms with Gasteiger partial charge < -0.3 is 0 Å². The Morgan fingerprint density at radius 3 is 1.94 bits per heavy atom. The fourth-order valence-electron chi connectivity index (χ4n) is 1.83. The maximum Gasteiger partial charge on any atom is 0.0263 e. The molecule has 1 rings (SSSR count). The zero-order valence-electron chi connectivity index (χ0n) is 10.4. The number of rotatable bonds is 7. The maximum atomic E-state index is 8.29. The van der Waals surface area contributed by atoms with Gasteiger partial charge in [0.1, 0.15) is 0 Å². The molecule has 0 fully saturated rings. The molecule has 0 heterocycles. The largest absolute Gasteiger partial charge is 0.0940 e. The SMILES string of the molecule is Cc1ccc(C(CCN=[N+]=[N-])CCN=[N+]=[N-])cc1. The molecule has 0 aliphatic heterocycles. The second-order valence-electron chi connectivity index (χ2n) is 4.09. The Bertz CT molecular complexity index is 432. The van der Waals surface area contributed by atoms with E-state index in [0.29, 0.717) is 13.1 Å². The highest BCUT2D eigenvalue weighted by Crippen LogP contribution is 2.24. The Kier molecular flexibility index (Phi) is 6.19. The van der Waals surface area contributed by atoms with Gasteiger partial charge in [-0.05, 0) is 42.3 Å². The van der Waals surface area contributed by atoms with Gasteiger partial charge in [-0.25, -0.2) is 0 Å². The second-order valence-corrected chi connectivity index (χ2v) is 4.09. The van der Waals surface area contributed by atoms with Crippen LogP contribution >= 0.6 is 0 Å². The molecule has 0 unspecified atom stereocenters. The van der Waals surface area contributed by atoms with Crippen molar-refractivity contribution in [2.45, 2.75) is 25.7 Å². The van der Waals surface area contributed by atoms with Crippen LogP contribution in [0, 0.1) is 6.92 Å². The fourth-order valence-corrected chi connectivity index (χ4v) is 1.83. The summed E-state index contributed by atoms with van der Waals surface area (Å²) < 4.78 is 0. The zero-order valence-corrected chi connectivity index (χ0v) is 10.4. The first kappa shape index (κ1) is 13.9. The molecule has 18 heavy (non-hydrogen) atoms. The van der Waals surface area contributed by atoms with Crippen LogP contribution in [-0.2, 0) is 0 Å². The van der Waals surface area contributed by atoms with Crippen molar-refractivity contribution in [1.82, 2.24) is 0 Å². The van der Waals surface area contributed by atoms with Crippen LogP contribution in [0.4, 0.5) is 0 Å². The first-order valence-electron chi connectivity index (χ1n) is 5.86. The number of benzene rings is 1. The minimum absolute atomic E-state index is 0.265. The van der Waals surface area contributed by atoms with E-state index in [0.717, 1.165) is 12.8 Å². The Morgan fingerprint density at radius 1 is 1.00 bits per heavy atom. The van der Waals surface area contributed by atoms with Gasteiger partial charge in [-0.3, -0.25) is 0 Å². The lowest BCUT2D eigenvalue weighted by Crippen LogP contribution is -2.02. The summed E-state index contributed by atoms with van der Waals surface area (Å²) in [6, 6.07) is 8.27. The molecule has 0 saturated heterocycles. The van der Waals surface area contributed by atoms with Crippen molar-refractivity contribution in [2.75, 3.05) is 13.1 Å². The number of hydrogen-bond donors (Lipinski definition) is 0. The van der Waals surface area contributed by atoms with Crippen molar-refractivity contribution in [3.63, 3.8) is 0 Å². The topological polar surface area (TPSA) is 97.5 Å². The fraction of sp³-hybridized carbons (Fsp3) is 0.500. The van der Waals surface area contributed by atoms with Crippen LogP contribution in [0.2, 0.25) is 0 Å². The van der Waals surface area contributed by atoms with Crippen LogP contribution in [0.5, 0.6) is 0 Å². The van der Waals surface area contributed by atoms with Crippen LogP contribution in [-0.4, -0.2) is 13.1 Å². The summed E-state index contributed by atoms with van der Waals surface area (Å²) >= 11 is 0. The van der Waals surface area contributed by atoms with Crippen LogP contribution < -0.4 is 0 Å². The first-order valence-corrected chi connectivity index (χ1v) is 5.86. The third kappa shape index (κ3) is 4.78. The zero-order chi connectivity index (χ0) is 13.2. The number of aryl methyl sites for hydroxylation is 1. The monoisotopic (exact) mass is 244 g/mol. The number of hydrogen-bond acceptors (Lipinski definition) is 2. The van der Waals surface area contributed by atoms with Gasteiger partial charge in [0.05, 0.1) is 0 Å². The summed E-state index contributed by atoms with van der Waals surface area (Å²) in [6.45, 7) is 2.97. The molecule has 1 aromatic rings. The van der Waals surface area contributed by atoms with Gasteiger partial charge >= 0.3 is 0 Å². The van der Waals surface area contributed by atoms with Gasteiger partial charge in [-0.15, -0.1) is 0 Å². The third-order valence-corrected chi connectivity index (χ3v) is 2.83. The molecule has 6 nitrogen and oxygen atoms in total. The highest BCUT2D eigenvalue weighted by atomic mass is 15.1. The van der Waals surface area contributed by atoms with E-state index in [1.807, 2.05) is 6.92 Å². The Labute approximate surface area is 106 Å². The summed E-state index contributed by atoms with van der Waals surface area (Å²) in [5.74, 6) is 0.265. The van der Waals surface area contributed by atoms with Gasteiger partial charge in [0.25, 0.3) is 0 Å². The van der Waals surface area contributed by atoms with Gasteiger partial charge in [0.15, 0.2) is 0 Å². The van der Waals surface area contributed by atoms with E-state index >= 15 is 0 Å². The molecule has 0 amide bonds. The predicted octanol–water partition coefficient (Wildman–Crippen LogP) is 4.48. The lowest BCUT2D eigenvalue weighted by Gasteiger charge is -2.15. The summed E-state index contributed by atoms with van der Waals surface area (Å²) in [5, 5.41) is 7.12. The maximum absolute atomic E-state index is 8.29. The van der Waals surface area contributed by atoms with Gasteiger partial charge in [-0.1, -0.05) is 40.1 Å². The molecule has 0 aliphatic carbocycles. The molecular weight excluding hydrogens is 228 g/mol. The quantitative estimate of drug-likeness (QED) is 0.384. The molecule has 0 N–H and O–H groups in total. The molecule has 0 atom stereocenters. The highest BCUT2D eigenvalue weighted by Gasteiger charge is 2.10. The summed E-state index contributed by atoms with van der Waals surface area (Å²) in [6.07, 6.45) is 1.54.